The summed E-state index contributed by atoms with van der Waals surface area (Å²) in [6.45, 7) is 4.43. The first kappa shape index (κ1) is 15.8. The van der Waals surface area contributed by atoms with E-state index in [-0.39, 0.29) is 5.91 Å². The fraction of sp³-hybridized carbons (Fsp3) is 0.333. The maximum atomic E-state index is 12.1. The van der Waals surface area contributed by atoms with Crippen molar-refractivity contribution in [2.45, 2.75) is 19.8 Å². The summed E-state index contributed by atoms with van der Waals surface area (Å²) in [5, 5.41) is 3.41. The van der Waals surface area contributed by atoms with Gasteiger partial charge < -0.3 is 10.2 Å². The molecule has 5 heteroatoms. The Kier molecular flexibility index (Phi) is 4.82. The molecule has 1 aliphatic heterocycles. The molecule has 0 atom stereocenters. The Labute approximate surface area is 141 Å². The number of carbonyl (C=O) groups is 1. The summed E-state index contributed by atoms with van der Waals surface area (Å²) in [5.74, 6) is 1.17. The molecular formula is C18H20ClN3O. The minimum Gasteiger partial charge on any atom is -0.370 e. The van der Waals surface area contributed by atoms with E-state index < -0.39 is 0 Å². The molecule has 1 aromatic heterocycles. The molecule has 0 saturated carbocycles. The first-order valence-corrected chi connectivity index (χ1v) is 8.27. The summed E-state index contributed by atoms with van der Waals surface area (Å²) in [5.41, 5.74) is 1.67. The second kappa shape index (κ2) is 7.01. The molecule has 0 aliphatic carbocycles. The van der Waals surface area contributed by atoms with Gasteiger partial charge in [0.05, 0.1) is 11.9 Å². The zero-order valence-electron chi connectivity index (χ0n) is 13.1. The quantitative estimate of drug-likeness (QED) is 0.916. The van der Waals surface area contributed by atoms with Gasteiger partial charge in [-0.05, 0) is 55.2 Å². The predicted molar refractivity (Wildman–Crippen MR) is 94.3 cm³/mol. The summed E-state index contributed by atoms with van der Waals surface area (Å²) in [6, 6.07) is 10.7. The van der Waals surface area contributed by atoms with Crippen LogP contribution in [0.5, 0.6) is 0 Å². The molecule has 23 heavy (non-hydrogen) atoms. The van der Waals surface area contributed by atoms with Gasteiger partial charge in [0.1, 0.15) is 5.82 Å². The van der Waals surface area contributed by atoms with Crippen molar-refractivity contribution in [2.24, 2.45) is 5.92 Å². The Balaban J connectivity index is 1.63. The van der Waals surface area contributed by atoms with Crippen LogP contribution in [0.15, 0.2) is 42.6 Å². The summed E-state index contributed by atoms with van der Waals surface area (Å²) in [4.78, 5) is 18.8. The number of benzene rings is 1. The largest absolute Gasteiger partial charge is 0.370 e. The summed E-state index contributed by atoms with van der Waals surface area (Å²) < 4.78 is 0. The highest BCUT2D eigenvalue weighted by Gasteiger charge is 2.16. The number of pyridine rings is 1. The first-order valence-electron chi connectivity index (χ1n) is 7.90. The second-order valence-electron chi connectivity index (χ2n) is 6.03. The standard InChI is InChI=1S/C18H20ClN3O/c1-13-8-10-22(11-9-13)16-6-7-17(20-12-16)21-18(23)14-2-4-15(19)5-3-14/h2-7,12-13H,8-11H2,1H3,(H,20,21,23). The van der Waals surface area contributed by atoms with Crippen molar-refractivity contribution in [1.29, 1.82) is 0 Å². The van der Waals surface area contributed by atoms with Crippen molar-refractivity contribution in [3.63, 3.8) is 0 Å². The molecule has 1 fully saturated rings. The van der Waals surface area contributed by atoms with Crippen LogP contribution in [-0.4, -0.2) is 24.0 Å². The Morgan fingerprint density at radius 2 is 1.87 bits per heavy atom. The van der Waals surface area contributed by atoms with E-state index in [0.717, 1.165) is 24.7 Å². The number of carbonyl (C=O) groups excluding carboxylic acids is 1. The number of amides is 1. The molecular weight excluding hydrogens is 310 g/mol. The van der Waals surface area contributed by atoms with Gasteiger partial charge in [0.15, 0.2) is 0 Å². The molecule has 1 amide bonds. The number of hydrogen-bond donors (Lipinski definition) is 1. The van der Waals surface area contributed by atoms with Crippen LogP contribution in [0.1, 0.15) is 30.1 Å². The molecule has 1 aliphatic rings. The zero-order chi connectivity index (χ0) is 16.2. The van der Waals surface area contributed by atoms with Crippen molar-refractivity contribution >= 4 is 29.0 Å². The third kappa shape index (κ3) is 4.02. The average Bonchev–Trinajstić information content (AvgIpc) is 2.57. The molecule has 1 aromatic carbocycles. The highest BCUT2D eigenvalue weighted by Crippen LogP contribution is 2.23. The number of hydrogen-bond acceptors (Lipinski definition) is 3. The van der Waals surface area contributed by atoms with E-state index in [1.807, 2.05) is 18.3 Å². The Morgan fingerprint density at radius 1 is 1.17 bits per heavy atom. The lowest BCUT2D eigenvalue weighted by molar-refractivity contribution is 0.102. The molecule has 0 spiro atoms. The van der Waals surface area contributed by atoms with Crippen LogP contribution in [0.2, 0.25) is 5.02 Å². The van der Waals surface area contributed by atoms with E-state index in [1.165, 1.54) is 12.8 Å². The van der Waals surface area contributed by atoms with E-state index in [9.17, 15) is 4.79 Å². The van der Waals surface area contributed by atoms with Crippen LogP contribution < -0.4 is 10.2 Å². The van der Waals surface area contributed by atoms with Crippen LogP contribution in [0, 0.1) is 5.92 Å². The topological polar surface area (TPSA) is 45.2 Å². The lowest BCUT2D eigenvalue weighted by Gasteiger charge is -2.31. The monoisotopic (exact) mass is 329 g/mol. The molecule has 0 radical (unpaired) electrons. The number of rotatable bonds is 3. The highest BCUT2D eigenvalue weighted by molar-refractivity contribution is 6.30. The minimum atomic E-state index is -0.186. The molecule has 2 heterocycles. The van der Waals surface area contributed by atoms with Crippen LogP contribution in [-0.2, 0) is 0 Å². The molecule has 2 aromatic rings. The Morgan fingerprint density at radius 3 is 2.48 bits per heavy atom. The maximum absolute atomic E-state index is 12.1. The molecule has 1 saturated heterocycles. The fourth-order valence-corrected chi connectivity index (χ4v) is 2.83. The van der Waals surface area contributed by atoms with Crippen molar-refractivity contribution in [1.82, 2.24) is 4.98 Å². The third-order valence-corrected chi connectivity index (χ3v) is 4.50. The molecule has 0 unspecified atom stereocenters. The van der Waals surface area contributed by atoms with Crippen LogP contribution in [0.4, 0.5) is 11.5 Å². The van der Waals surface area contributed by atoms with E-state index in [2.05, 4.69) is 22.1 Å². The molecule has 120 valence electrons. The molecule has 4 nitrogen and oxygen atoms in total. The number of nitrogens with zero attached hydrogens (tertiary/aromatic N) is 2. The number of halogens is 1. The van der Waals surface area contributed by atoms with Crippen LogP contribution >= 0.6 is 11.6 Å². The minimum absolute atomic E-state index is 0.186. The van der Waals surface area contributed by atoms with Gasteiger partial charge in [-0.15, -0.1) is 0 Å². The zero-order valence-corrected chi connectivity index (χ0v) is 13.9. The van der Waals surface area contributed by atoms with Gasteiger partial charge in [0.25, 0.3) is 5.91 Å². The van der Waals surface area contributed by atoms with Gasteiger partial charge in [0.2, 0.25) is 0 Å². The predicted octanol–water partition coefficient (Wildman–Crippen LogP) is 4.22. The van der Waals surface area contributed by atoms with Gasteiger partial charge in [-0.1, -0.05) is 18.5 Å². The SMILES string of the molecule is CC1CCN(c2ccc(NC(=O)c3ccc(Cl)cc3)nc2)CC1. The third-order valence-electron chi connectivity index (χ3n) is 4.24. The normalized spacial score (nSPS) is 15.5. The fourth-order valence-electron chi connectivity index (χ4n) is 2.70. The Bertz CT molecular complexity index is 662. The number of anilines is 2. The summed E-state index contributed by atoms with van der Waals surface area (Å²) in [6.07, 6.45) is 4.26. The summed E-state index contributed by atoms with van der Waals surface area (Å²) >= 11 is 5.83. The van der Waals surface area contributed by atoms with Gasteiger partial charge in [-0.2, -0.15) is 0 Å². The smallest absolute Gasteiger partial charge is 0.256 e. The van der Waals surface area contributed by atoms with E-state index in [0.29, 0.717) is 16.4 Å². The molecule has 3 rings (SSSR count). The maximum Gasteiger partial charge on any atom is 0.256 e. The van der Waals surface area contributed by atoms with Crippen molar-refractivity contribution in [3.8, 4) is 0 Å². The lowest BCUT2D eigenvalue weighted by atomic mass is 9.99. The number of aromatic nitrogens is 1. The average molecular weight is 330 g/mol. The van der Waals surface area contributed by atoms with Crippen LogP contribution in [0.25, 0.3) is 0 Å². The second-order valence-corrected chi connectivity index (χ2v) is 6.47. The molecule has 1 N–H and O–H groups in total. The summed E-state index contributed by atoms with van der Waals surface area (Å²) in [7, 11) is 0. The number of piperidine rings is 1. The van der Waals surface area contributed by atoms with Crippen LogP contribution in [0.3, 0.4) is 0 Å². The van der Waals surface area contributed by atoms with E-state index in [4.69, 9.17) is 11.6 Å². The number of nitrogens with one attached hydrogen (secondary N) is 1. The van der Waals surface area contributed by atoms with E-state index >= 15 is 0 Å². The van der Waals surface area contributed by atoms with Crippen molar-refractivity contribution < 1.29 is 4.79 Å². The first-order chi connectivity index (χ1) is 11.1. The van der Waals surface area contributed by atoms with Gasteiger partial charge in [-0.3, -0.25) is 4.79 Å². The van der Waals surface area contributed by atoms with Gasteiger partial charge >= 0.3 is 0 Å². The highest BCUT2D eigenvalue weighted by atomic mass is 35.5. The van der Waals surface area contributed by atoms with Crippen molar-refractivity contribution in [3.05, 3.63) is 53.2 Å². The van der Waals surface area contributed by atoms with Gasteiger partial charge in [0, 0.05) is 23.7 Å². The Hall–Kier alpha value is -2.07. The van der Waals surface area contributed by atoms with E-state index in [1.54, 1.807) is 24.3 Å². The van der Waals surface area contributed by atoms with Crippen molar-refractivity contribution in [2.75, 3.05) is 23.3 Å². The molecule has 0 bridgehead atoms. The lowest BCUT2D eigenvalue weighted by Crippen LogP contribution is -2.32. The van der Waals surface area contributed by atoms with Gasteiger partial charge in [-0.25, -0.2) is 4.98 Å².